The standard InChI is InChI=1S/C72H147N2O6P/c1-6-8-10-12-14-16-18-20-22-24-26-28-30-32-34-36-38-39-41-43-45-47-49-51-53-55-57-59-61-63-65-71(75)70(69-80-81(77,78)79-68-67-74(3,4)5)73-72(76)66-64-62-60-58-56-54-52-50-48-46-44-42-40-37-35-33-31-29-27-25-23-21-19-17-15-13-11-9-7-2/h70-71,75H,6-69H2,1-5H3,(H-,73,76,77,78). The number of hydrogen-bond donors (Lipinski definition) is 2. The largest absolute Gasteiger partial charge is 0.756 e. The van der Waals surface area contributed by atoms with Crippen LogP contribution in [0.25, 0.3) is 0 Å². The Labute approximate surface area is 508 Å². The minimum absolute atomic E-state index is 0.0171. The van der Waals surface area contributed by atoms with Crippen molar-refractivity contribution in [2.45, 2.75) is 418 Å². The Kier molecular flexibility index (Phi) is 63.6. The van der Waals surface area contributed by atoms with Gasteiger partial charge in [0.1, 0.15) is 13.2 Å². The molecule has 486 valence electrons. The van der Waals surface area contributed by atoms with Crippen molar-refractivity contribution >= 4 is 13.7 Å². The average molecular weight is 1170 g/mol. The summed E-state index contributed by atoms with van der Waals surface area (Å²) in [5.74, 6) is -0.153. The minimum Gasteiger partial charge on any atom is -0.756 e. The second kappa shape index (κ2) is 64.0. The predicted octanol–water partition coefficient (Wildman–Crippen LogP) is 22.9. The molecular weight excluding hydrogens is 1020 g/mol. The maximum Gasteiger partial charge on any atom is 0.268 e. The minimum atomic E-state index is -4.58. The van der Waals surface area contributed by atoms with Crippen molar-refractivity contribution in [3.8, 4) is 0 Å². The number of carbonyl (C=O) groups is 1. The maximum absolute atomic E-state index is 13.1. The fourth-order valence-corrected chi connectivity index (χ4v) is 12.6. The lowest BCUT2D eigenvalue weighted by Gasteiger charge is -2.30. The van der Waals surface area contributed by atoms with Gasteiger partial charge in [-0.25, -0.2) is 0 Å². The Morgan fingerprint density at radius 2 is 0.605 bits per heavy atom. The van der Waals surface area contributed by atoms with E-state index in [0.717, 1.165) is 38.5 Å². The van der Waals surface area contributed by atoms with Crippen molar-refractivity contribution in [1.82, 2.24) is 5.32 Å². The van der Waals surface area contributed by atoms with E-state index in [9.17, 15) is 19.4 Å². The topological polar surface area (TPSA) is 108 Å². The number of likely N-dealkylation sites (N-methyl/N-ethyl adjacent to an activating group) is 1. The summed E-state index contributed by atoms with van der Waals surface area (Å²) in [5.41, 5.74) is 0. The monoisotopic (exact) mass is 1170 g/mol. The first kappa shape index (κ1) is 80.5. The van der Waals surface area contributed by atoms with Gasteiger partial charge in [-0.15, -0.1) is 0 Å². The van der Waals surface area contributed by atoms with Gasteiger partial charge in [-0.1, -0.05) is 386 Å². The second-order valence-corrected chi connectivity index (χ2v) is 28.4. The van der Waals surface area contributed by atoms with E-state index in [1.54, 1.807) is 0 Å². The van der Waals surface area contributed by atoms with Crippen LogP contribution in [-0.2, 0) is 18.4 Å². The number of amides is 1. The van der Waals surface area contributed by atoms with Gasteiger partial charge in [0, 0.05) is 6.42 Å². The number of rotatable bonds is 70. The van der Waals surface area contributed by atoms with Crippen molar-refractivity contribution in [1.29, 1.82) is 0 Å². The molecule has 8 nitrogen and oxygen atoms in total. The molecule has 0 aliphatic carbocycles. The van der Waals surface area contributed by atoms with E-state index in [1.165, 1.54) is 340 Å². The summed E-state index contributed by atoms with van der Waals surface area (Å²) < 4.78 is 23.6. The Bertz CT molecular complexity index is 1280. The van der Waals surface area contributed by atoms with Gasteiger partial charge in [-0.3, -0.25) is 9.36 Å². The number of phosphoric acid groups is 1. The number of nitrogens with zero attached hydrogens (tertiary/aromatic N) is 1. The summed E-state index contributed by atoms with van der Waals surface area (Å²) in [5, 5.41) is 14.1. The van der Waals surface area contributed by atoms with E-state index in [1.807, 2.05) is 21.1 Å². The van der Waals surface area contributed by atoms with Crippen molar-refractivity contribution in [3.63, 3.8) is 0 Å². The number of phosphoric ester groups is 1. The van der Waals surface area contributed by atoms with Crippen LogP contribution in [0, 0.1) is 0 Å². The molecule has 2 N–H and O–H groups in total. The summed E-state index contributed by atoms with van der Waals surface area (Å²) >= 11 is 0. The molecule has 3 atom stereocenters. The lowest BCUT2D eigenvalue weighted by molar-refractivity contribution is -0.870. The number of nitrogens with one attached hydrogen (secondary N) is 1. The first-order valence-electron chi connectivity index (χ1n) is 36.9. The molecule has 0 saturated carbocycles. The highest BCUT2D eigenvalue weighted by Crippen LogP contribution is 2.38. The van der Waals surface area contributed by atoms with Gasteiger partial charge in [-0.05, 0) is 12.8 Å². The van der Waals surface area contributed by atoms with Gasteiger partial charge < -0.3 is 28.8 Å². The number of aliphatic hydroxyl groups is 1. The summed E-state index contributed by atoms with van der Waals surface area (Å²) in [7, 11) is 1.33. The Morgan fingerprint density at radius 3 is 0.840 bits per heavy atom. The van der Waals surface area contributed by atoms with Crippen LogP contribution < -0.4 is 10.2 Å². The van der Waals surface area contributed by atoms with Crippen molar-refractivity contribution in [2.75, 3.05) is 40.9 Å². The lowest BCUT2D eigenvalue weighted by atomic mass is 10.0. The zero-order valence-electron chi connectivity index (χ0n) is 55.8. The lowest BCUT2D eigenvalue weighted by Crippen LogP contribution is -2.46. The van der Waals surface area contributed by atoms with E-state index >= 15 is 0 Å². The molecule has 3 unspecified atom stereocenters. The van der Waals surface area contributed by atoms with Crippen LogP contribution in [0.4, 0.5) is 0 Å². The molecule has 81 heavy (non-hydrogen) atoms. The number of quaternary nitrogens is 1. The molecule has 9 heteroatoms. The molecule has 0 fully saturated rings. The molecule has 0 aliphatic heterocycles. The Balaban J connectivity index is 3.95. The van der Waals surface area contributed by atoms with E-state index in [-0.39, 0.29) is 19.1 Å². The fraction of sp³-hybridized carbons (Fsp3) is 0.986. The zero-order valence-corrected chi connectivity index (χ0v) is 56.7. The molecule has 0 bridgehead atoms. The third kappa shape index (κ3) is 66.9. The van der Waals surface area contributed by atoms with E-state index in [0.29, 0.717) is 23.9 Å². The smallest absolute Gasteiger partial charge is 0.268 e. The number of hydrogen-bond acceptors (Lipinski definition) is 6. The highest BCUT2D eigenvalue weighted by Gasteiger charge is 2.24. The van der Waals surface area contributed by atoms with Gasteiger partial charge in [-0.2, -0.15) is 0 Å². The molecule has 0 heterocycles. The van der Waals surface area contributed by atoms with Gasteiger partial charge in [0.15, 0.2) is 0 Å². The first-order chi connectivity index (χ1) is 39.5. The summed E-state index contributed by atoms with van der Waals surface area (Å²) in [4.78, 5) is 25.7. The number of unbranched alkanes of at least 4 members (excludes halogenated alkanes) is 57. The second-order valence-electron chi connectivity index (χ2n) is 27.0. The summed E-state index contributed by atoms with van der Waals surface area (Å²) in [6, 6.07) is -0.797. The Morgan fingerprint density at radius 1 is 0.383 bits per heavy atom. The third-order valence-corrected chi connectivity index (χ3v) is 18.6. The molecule has 0 saturated heterocycles. The summed E-state index contributed by atoms with van der Waals surface area (Å²) in [6.45, 7) is 4.81. The maximum atomic E-state index is 13.1. The van der Waals surface area contributed by atoms with E-state index in [4.69, 9.17) is 9.05 Å². The van der Waals surface area contributed by atoms with Crippen molar-refractivity contribution < 1.29 is 32.9 Å². The molecule has 0 spiro atoms. The average Bonchev–Trinajstić information content (AvgIpc) is 3.43. The SMILES string of the molecule is CCCCCCCCCCCCCCCCCCCCCCCCCCCCCCCCC(O)C(COP(=O)([O-])OCC[N+](C)(C)C)NC(=O)CCCCCCCCCCCCCCCCCCCCCCCCCCCCCCC. The van der Waals surface area contributed by atoms with Gasteiger partial charge in [0.25, 0.3) is 7.82 Å². The van der Waals surface area contributed by atoms with E-state index in [2.05, 4.69) is 19.2 Å². The predicted molar refractivity (Wildman–Crippen MR) is 353 cm³/mol. The van der Waals surface area contributed by atoms with Gasteiger partial charge >= 0.3 is 0 Å². The van der Waals surface area contributed by atoms with Gasteiger partial charge in [0.05, 0.1) is 39.9 Å². The summed E-state index contributed by atoms with van der Waals surface area (Å²) in [6.07, 6.45) is 80.6. The van der Waals surface area contributed by atoms with Crippen LogP contribution in [0.5, 0.6) is 0 Å². The third-order valence-electron chi connectivity index (χ3n) is 17.6. The van der Waals surface area contributed by atoms with Gasteiger partial charge in [0.2, 0.25) is 5.91 Å². The van der Waals surface area contributed by atoms with Crippen LogP contribution in [0.15, 0.2) is 0 Å². The Hall–Kier alpha value is -0.500. The van der Waals surface area contributed by atoms with Crippen molar-refractivity contribution in [2.24, 2.45) is 0 Å². The van der Waals surface area contributed by atoms with Crippen LogP contribution in [0.1, 0.15) is 406 Å². The quantitative estimate of drug-likeness (QED) is 0.0357. The molecule has 0 aromatic rings. The number of carbonyl (C=O) groups excluding carboxylic acids is 1. The molecule has 0 aliphatic rings. The van der Waals surface area contributed by atoms with Crippen molar-refractivity contribution in [3.05, 3.63) is 0 Å². The van der Waals surface area contributed by atoms with E-state index < -0.39 is 20.0 Å². The van der Waals surface area contributed by atoms with Crippen LogP contribution >= 0.6 is 7.82 Å². The molecule has 0 radical (unpaired) electrons. The van der Waals surface area contributed by atoms with Crippen LogP contribution in [0.3, 0.4) is 0 Å². The normalized spacial score (nSPS) is 13.5. The highest BCUT2D eigenvalue weighted by molar-refractivity contribution is 7.45. The molecule has 0 aromatic carbocycles. The molecular formula is C72H147N2O6P. The fourth-order valence-electron chi connectivity index (χ4n) is 11.9. The highest BCUT2D eigenvalue weighted by atomic mass is 31.2. The first-order valence-corrected chi connectivity index (χ1v) is 38.3. The zero-order chi connectivity index (χ0) is 59.1. The molecule has 0 aromatic heterocycles. The van der Waals surface area contributed by atoms with Crippen LogP contribution in [0.2, 0.25) is 0 Å². The van der Waals surface area contributed by atoms with Crippen LogP contribution in [-0.4, -0.2) is 68.5 Å². The molecule has 1 amide bonds. The molecule has 0 rings (SSSR count). The number of aliphatic hydroxyl groups excluding tert-OH is 1.